The number of anilines is 1. The second-order valence-electron chi connectivity index (χ2n) is 4.35. The van der Waals surface area contributed by atoms with E-state index in [4.69, 9.17) is 11.6 Å². The number of hydrogen-bond acceptors (Lipinski definition) is 3. The van der Waals surface area contributed by atoms with Gasteiger partial charge in [-0.05, 0) is 41.5 Å². The van der Waals surface area contributed by atoms with Crippen molar-refractivity contribution in [2.45, 2.75) is 32.9 Å². The van der Waals surface area contributed by atoms with Gasteiger partial charge in [-0.1, -0.05) is 18.5 Å². The van der Waals surface area contributed by atoms with Crippen molar-refractivity contribution in [3.8, 4) is 5.75 Å². The van der Waals surface area contributed by atoms with Gasteiger partial charge in [0.15, 0.2) is 5.75 Å². The van der Waals surface area contributed by atoms with Crippen molar-refractivity contribution >= 4 is 39.1 Å². The highest BCUT2D eigenvalue weighted by Crippen LogP contribution is 2.37. The van der Waals surface area contributed by atoms with Crippen molar-refractivity contribution < 1.29 is 18.3 Å². The molecule has 0 saturated carbocycles. The molecule has 0 fully saturated rings. The molecule has 1 atom stereocenters. The minimum absolute atomic E-state index is 0.0305. The maximum absolute atomic E-state index is 12.4. The quantitative estimate of drug-likeness (QED) is 0.745. The third-order valence-electron chi connectivity index (χ3n) is 2.53. The molecule has 1 amide bonds. The van der Waals surface area contributed by atoms with E-state index in [0.717, 1.165) is 6.54 Å². The highest BCUT2D eigenvalue weighted by Gasteiger charge is 2.17. The lowest BCUT2D eigenvalue weighted by Gasteiger charge is -2.16. The number of rotatable bonds is 7. The largest absolute Gasteiger partial charge is 0.431 e. The monoisotopic (exact) mass is 384 g/mol. The van der Waals surface area contributed by atoms with Gasteiger partial charge in [0, 0.05) is 17.5 Å². The number of nitrogens with one attached hydrogen (secondary N) is 2. The van der Waals surface area contributed by atoms with E-state index in [-0.39, 0.29) is 34.3 Å². The molecule has 118 valence electrons. The number of ether oxygens (including phenoxy) is 1. The second-order valence-corrected chi connectivity index (χ2v) is 5.64. The number of carbonyl (C=O) groups is 1. The number of hydrogen-bond donors (Lipinski definition) is 2. The molecule has 0 bridgehead atoms. The smallest absolute Gasteiger partial charge is 0.387 e. The Hall–Kier alpha value is -0.920. The molecule has 4 nitrogen and oxygen atoms in total. The molecule has 1 rings (SSSR count). The van der Waals surface area contributed by atoms with E-state index in [2.05, 4.69) is 31.3 Å². The predicted molar refractivity (Wildman–Crippen MR) is 82.2 cm³/mol. The molecule has 8 heteroatoms. The average molecular weight is 386 g/mol. The Morgan fingerprint density at radius 1 is 1.48 bits per heavy atom. The summed E-state index contributed by atoms with van der Waals surface area (Å²) in [4.78, 5) is 11.9. The number of carbonyl (C=O) groups excluding carboxylic acids is 1. The van der Waals surface area contributed by atoms with E-state index < -0.39 is 6.61 Å². The molecule has 0 aliphatic carbocycles. The van der Waals surface area contributed by atoms with E-state index >= 15 is 0 Å². The molecule has 2 N–H and O–H groups in total. The van der Waals surface area contributed by atoms with E-state index in [1.54, 1.807) is 0 Å². The summed E-state index contributed by atoms with van der Waals surface area (Å²) >= 11 is 8.95. The Kier molecular flexibility index (Phi) is 7.34. The van der Waals surface area contributed by atoms with Gasteiger partial charge >= 0.3 is 6.61 Å². The fourth-order valence-corrected chi connectivity index (χ4v) is 2.67. The SMILES string of the molecule is CCNC(C)CC(=O)Nc1cc(Cl)cc(Br)c1OC(F)F. The minimum atomic E-state index is -3.00. The van der Waals surface area contributed by atoms with Gasteiger partial charge in [0.2, 0.25) is 5.91 Å². The van der Waals surface area contributed by atoms with Crippen LogP contribution in [0, 0.1) is 0 Å². The zero-order chi connectivity index (χ0) is 16.0. The third kappa shape index (κ3) is 6.15. The van der Waals surface area contributed by atoms with E-state index in [1.165, 1.54) is 12.1 Å². The molecule has 0 radical (unpaired) electrons. The minimum Gasteiger partial charge on any atom is -0.431 e. The lowest BCUT2D eigenvalue weighted by Crippen LogP contribution is -2.30. The number of alkyl halides is 2. The molecule has 0 aliphatic heterocycles. The Labute approximate surface area is 135 Å². The standard InChI is InChI=1S/C13H16BrClF2N2O2/c1-3-18-7(2)4-11(20)19-10-6-8(15)5-9(14)12(10)21-13(16)17/h5-7,13,18H,3-4H2,1-2H3,(H,19,20). The topological polar surface area (TPSA) is 50.4 Å². The molecule has 0 heterocycles. The first-order valence-electron chi connectivity index (χ1n) is 6.30. The fourth-order valence-electron chi connectivity index (χ4n) is 1.76. The van der Waals surface area contributed by atoms with Crippen LogP contribution in [-0.4, -0.2) is 25.1 Å². The Morgan fingerprint density at radius 2 is 2.14 bits per heavy atom. The van der Waals surface area contributed by atoms with Crippen LogP contribution in [-0.2, 0) is 4.79 Å². The molecule has 21 heavy (non-hydrogen) atoms. The van der Waals surface area contributed by atoms with Crippen LogP contribution in [0.5, 0.6) is 5.75 Å². The lowest BCUT2D eigenvalue weighted by molar-refractivity contribution is -0.116. The van der Waals surface area contributed by atoms with Gasteiger partial charge in [-0.15, -0.1) is 0 Å². The maximum atomic E-state index is 12.4. The van der Waals surface area contributed by atoms with Crippen LogP contribution in [0.15, 0.2) is 16.6 Å². The molecule has 1 aromatic carbocycles. The van der Waals surface area contributed by atoms with E-state index in [9.17, 15) is 13.6 Å². The summed E-state index contributed by atoms with van der Waals surface area (Å²) in [5.74, 6) is -0.476. The number of amides is 1. The Bertz CT molecular complexity index is 503. The Morgan fingerprint density at radius 3 is 2.71 bits per heavy atom. The highest BCUT2D eigenvalue weighted by atomic mass is 79.9. The molecule has 1 aromatic rings. The highest BCUT2D eigenvalue weighted by molar-refractivity contribution is 9.10. The molecular weight excluding hydrogens is 370 g/mol. The second kappa shape index (κ2) is 8.51. The zero-order valence-electron chi connectivity index (χ0n) is 11.6. The summed E-state index contributed by atoms with van der Waals surface area (Å²) in [6.07, 6.45) is 0.200. The average Bonchev–Trinajstić information content (AvgIpc) is 2.33. The van der Waals surface area contributed by atoms with Gasteiger partial charge in [-0.25, -0.2) is 0 Å². The molecule has 0 spiro atoms. The summed E-state index contributed by atoms with van der Waals surface area (Å²) < 4.78 is 29.5. The van der Waals surface area contributed by atoms with Crippen LogP contribution in [0.2, 0.25) is 5.02 Å². The van der Waals surface area contributed by atoms with Crippen LogP contribution in [0.25, 0.3) is 0 Å². The van der Waals surface area contributed by atoms with Crippen molar-refractivity contribution in [3.63, 3.8) is 0 Å². The van der Waals surface area contributed by atoms with Crippen LogP contribution in [0.3, 0.4) is 0 Å². The van der Waals surface area contributed by atoms with E-state index in [0.29, 0.717) is 5.02 Å². The van der Waals surface area contributed by atoms with Gasteiger partial charge in [-0.2, -0.15) is 8.78 Å². The maximum Gasteiger partial charge on any atom is 0.387 e. The van der Waals surface area contributed by atoms with Gasteiger partial charge in [-0.3, -0.25) is 4.79 Å². The molecular formula is C13H16BrClF2N2O2. The van der Waals surface area contributed by atoms with Crippen LogP contribution in [0.1, 0.15) is 20.3 Å². The van der Waals surface area contributed by atoms with Crippen molar-refractivity contribution in [1.29, 1.82) is 0 Å². The van der Waals surface area contributed by atoms with Gasteiger partial charge < -0.3 is 15.4 Å². The van der Waals surface area contributed by atoms with Crippen LogP contribution >= 0.6 is 27.5 Å². The molecule has 0 saturated heterocycles. The zero-order valence-corrected chi connectivity index (χ0v) is 13.9. The molecule has 1 unspecified atom stereocenters. The van der Waals surface area contributed by atoms with Crippen LogP contribution < -0.4 is 15.4 Å². The van der Waals surface area contributed by atoms with Crippen molar-refractivity contribution in [2.24, 2.45) is 0 Å². The van der Waals surface area contributed by atoms with E-state index in [1.807, 2.05) is 13.8 Å². The fraction of sp³-hybridized carbons (Fsp3) is 0.462. The Balaban J connectivity index is 2.88. The molecule has 0 aliphatic rings. The summed E-state index contributed by atoms with van der Waals surface area (Å²) in [6, 6.07) is 2.74. The van der Waals surface area contributed by atoms with Gasteiger partial charge in [0.05, 0.1) is 10.2 Å². The summed E-state index contributed by atoms with van der Waals surface area (Å²) in [5, 5.41) is 5.91. The third-order valence-corrected chi connectivity index (χ3v) is 3.34. The molecule has 0 aromatic heterocycles. The summed E-state index contributed by atoms with van der Waals surface area (Å²) in [5.41, 5.74) is 0.100. The van der Waals surface area contributed by atoms with Crippen LogP contribution in [0.4, 0.5) is 14.5 Å². The first-order valence-corrected chi connectivity index (χ1v) is 7.47. The van der Waals surface area contributed by atoms with Crippen molar-refractivity contribution in [2.75, 3.05) is 11.9 Å². The van der Waals surface area contributed by atoms with Crippen molar-refractivity contribution in [1.82, 2.24) is 5.32 Å². The first kappa shape index (κ1) is 18.1. The van der Waals surface area contributed by atoms with Crippen molar-refractivity contribution in [3.05, 3.63) is 21.6 Å². The number of halogens is 4. The predicted octanol–water partition coefficient (Wildman–Crippen LogP) is 4.03. The van der Waals surface area contributed by atoms with Gasteiger partial charge in [0.25, 0.3) is 0 Å². The lowest BCUT2D eigenvalue weighted by atomic mass is 10.2. The number of benzene rings is 1. The summed E-state index contributed by atoms with van der Waals surface area (Å²) in [6.45, 7) is 1.51. The first-order chi connectivity index (χ1) is 9.83. The summed E-state index contributed by atoms with van der Waals surface area (Å²) in [7, 11) is 0. The van der Waals surface area contributed by atoms with Gasteiger partial charge in [0.1, 0.15) is 0 Å². The normalized spacial score (nSPS) is 12.3.